The van der Waals surface area contributed by atoms with Gasteiger partial charge in [0.15, 0.2) is 0 Å². The highest BCUT2D eigenvalue weighted by molar-refractivity contribution is 6.30. The zero-order valence-corrected chi connectivity index (χ0v) is 21.0. The average Bonchev–Trinajstić information content (AvgIpc) is 3.32. The zero-order valence-electron chi connectivity index (χ0n) is 20.3. The summed E-state index contributed by atoms with van der Waals surface area (Å²) in [4.78, 5) is 27.5. The molecule has 0 radical (unpaired) electrons. The number of hydrogen-bond acceptors (Lipinski definition) is 5. The van der Waals surface area contributed by atoms with E-state index < -0.39 is 5.54 Å². The van der Waals surface area contributed by atoms with Crippen LogP contribution in [0.1, 0.15) is 64.5 Å². The number of carbonyl (C=O) groups is 1. The van der Waals surface area contributed by atoms with Gasteiger partial charge in [0.2, 0.25) is 5.91 Å². The molecular weight excluding hydrogens is 448 g/mol. The lowest BCUT2D eigenvalue weighted by atomic mass is 9.82. The van der Waals surface area contributed by atoms with Crippen LogP contribution in [0.3, 0.4) is 0 Å². The second kappa shape index (κ2) is 9.92. The van der Waals surface area contributed by atoms with Crippen molar-refractivity contribution in [2.24, 2.45) is 11.1 Å². The number of nitrogens with one attached hydrogen (secondary N) is 2. The first-order chi connectivity index (χ1) is 16.2. The first kappa shape index (κ1) is 24.5. The van der Waals surface area contributed by atoms with Crippen LogP contribution in [0.5, 0.6) is 0 Å². The van der Waals surface area contributed by atoms with Gasteiger partial charge in [-0.05, 0) is 54.9 Å². The number of aromatic amines is 1. The van der Waals surface area contributed by atoms with Crippen molar-refractivity contribution in [2.45, 2.75) is 64.5 Å². The number of nitrogens with two attached hydrogens (primary N) is 1. The molecule has 0 bridgehead atoms. The number of amides is 1. The average molecular weight is 483 g/mol. The van der Waals surface area contributed by atoms with Crippen molar-refractivity contribution < 1.29 is 4.79 Å². The molecule has 1 aromatic carbocycles. The summed E-state index contributed by atoms with van der Waals surface area (Å²) in [6.07, 6.45) is 7.49. The molecule has 2 aromatic heterocycles. The number of rotatable bonds is 8. The van der Waals surface area contributed by atoms with Crippen molar-refractivity contribution in [3.63, 3.8) is 0 Å². The number of aromatic nitrogens is 3. The summed E-state index contributed by atoms with van der Waals surface area (Å²) in [6.45, 7) is 8.06. The second-order valence-corrected chi connectivity index (χ2v) is 10.7. The van der Waals surface area contributed by atoms with E-state index in [9.17, 15) is 4.79 Å². The molecular formula is C26H35ClN6O. The summed E-state index contributed by atoms with van der Waals surface area (Å²) in [6, 6.07) is 9.62. The number of benzene rings is 1. The summed E-state index contributed by atoms with van der Waals surface area (Å²) < 4.78 is 0. The van der Waals surface area contributed by atoms with E-state index in [0.29, 0.717) is 31.0 Å². The molecule has 4 rings (SSSR count). The Morgan fingerprint density at radius 1 is 1.24 bits per heavy atom. The fourth-order valence-corrected chi connectivity index (χ4v) is 4.61. The number of H-pyrrole nitrogens is 1. The predicted octanol–water partition coefficient (Wildman–Crippen LogP) is 4.98. The second-order valence-electron chi connectivity index (χ2n) is 10.2. The molecule has 4 N–H and O–H groups in total. The fourth-order valence-electron chi connectivity index (χ4n) is 4.49. The quantitative estimate of drug-likeness (QED) is 0.420. The third-order valence-corrected chi connectivity index (χ3v) is 7.64. The molecule has 0 spiro atoms. The summed E-state index contributed by atoms with van der Waals surface area (Å²) in [5.74, 6) is 0.797. The van der Waals surface area contributed by atoms with Crippen molar-refractivity contribution >= 4 is 34.4 Å². The van der Waals surface area contributed by atoms with Crippen LogP contribution in [0.4, 0.5) is 5.82 Å². The van der Waals surface area contributed by atoms with Crippen molar-refractivity contribution in [3.05, 3.63) is 53.4 Å². The molecule has 1 amide bonds. The molecule has 1 fully saturated rings. The molecule has 1 saturated heterocycles. The Kier molecular flexibility index (Phi) is 7.14. The lowest BCUT2D eigenvalue weighted by Crippen LogP contribution is -2.60. The van der Waals surface area contributed by atoms with E-state index in [2.05, 4.69) is 45.9 Å². The molecule has 1 atom stereocenters. The Morgan fingerprint density at radius 2 is 1.94 bits per heavy atom. The maximum Gasteiger partial charge on any atom is 0.240 e. The van der Waals surface area contributed by atoms with E-state index in [-0.39, 0.29) is 17.4 Å². The van der Waals surface area contributed by atoms with Crippen LogP contribution in [-0.4, -0.2) is 39.5 Å². The fraction of sp³-hybridized carbons (Fsp3) is 0.500. The normalized spacial score (nSPS) is 17.0. The van der Waals surface area contributed by atoms with E-state index in [4.69, 9.17) is 17.3 Å². The summed E-state index contributed by atoms with van der Waals surface area (Å²) in [5.41, 5.74) is 7.87. The Labute approximate surface area is 206 Å². The maximum atomic E-state index is 13.5. The van der Waals surface area contributed by atoms with Crippen molar-refractivity contribution in [1.82, 2.24) is 20.3 Å². The Morgan fingerprint density at radius 3 is 2.62 bits per heavy atom. The van der Waals surface area contributed by atoms with Crippen molar-refractivity contribution in [2.75, 3.05) is 18.0 Å². The van der Waals surface area contributed by atoms with Crippen LogP contribution in [0.25, 0.3) is 11.0 Å². The van der Waals surface area contributed by atoms with Crippen LogP contribution in [0.2, 0.25) is 5.02 Å². The molecule has 3 heterocycles. The van der Waals surface area contributed by atoms with Crippen LogP contribution in [0, 0.1) is 5.41 Å². The minimum absolute atomic E-state index is 0.0871. The van der Waals surface area contributed by atoms with Gasteiger partial charge in [-0.15, -0.1) is 0 Å². The van der Waals surface area contributed by atoms with Gasteiger partial charge in [-0.3, -0.25) is 4.79 Å². The van der Waals surface area contributed by atoms with Crippen LogP contribution < -0.4 is 16.0 Å². The van der Waals surface area contributed by atoms with E-state index in [1.165, 1.54) is 0 Å². The van der Waals surface area contributed by atoms with E-state index in [1.807, 2.05) is 36.5 Å². The molecule has 8 heteroatoms. The van der Waals surface area contributed by atoms with Gasteiger partial charge in [0.1, 0.15) is 17.8 Å². The maximum absolute atomic E-state index is 13.5. The van der Waals surface area contributed by atoms with Gasteiger partial charge in [-0.2, -0.15) is 0 Å². The number of carbonyl (C=O) groups excluding carboxylic acids is 1. The first-order valence-corrected chi connectivity index (χ1v) is 12.5. The van der Waals surface area contributed by atoms with Gasteiger partial charge in [0.05, 0.1) is 17.0 Å². The van der Waals surface area contributed by atoms with Crippen molar-refractivity contribution in [1.29, 1.82) is 0 Å². The molecule has 0 unspecified atom stereocenters. The smallest absolute Gasteiger partial charge is 0.240 e. The van der Waals surface area contributed by atoms with Gasteiger partial charge >= 0.3 is 0 Å². The SMILES string of the molecule is CCC(C)(C)CC[C@H](NC(=O)C1(N)CCN(c2ncnc3[nH]ccc23)CC1)c1ccc(Cl)cc1. The minimum atomic E-state index is -0.911. The number of nitrogens with zero attached hydrogens (tertiary/aromatic N) is 3. The highest BCUT2D eigenvalue weighted by Gasteiger charge is 2.39. The molecule has 1 aliphatic heterocycles. The van der Waals surface area contributed by atoms with E-state index >= 15 is 0 Å². The summed E-state index contributed by atoms with van der Waals surface area (Å²) in [7, 11) is 0. The largest absolute Gasteiger partial charge is 0.356 e. The minimum Gasteiger partial charge on any atom is -0.356 e. The van der Waals surface area contributed by atoms with E-state index in [0.717, 1.165) is 41.7 Å². The number of piperidine rings is 1. The van der Waals surface area contributed by atoms with E-state index in [1.54, 1.807) is 6.33 Å². The van der Waals surface area contributed by atoms with Crippen LogP contribution in [0.15, 0.2) is 42.9 Å². The molecule has 7 nitrogen and oxygen atoms in total. The molecule has 3 aromatic rings. The van der Waals surface area contributed by atoms with Gasteiger partial charge in [0.25, 0.3) is 0 Å². The Bertz CT molecular complexity index is 1120. The van der Waals surface area contributed by atoms with Crippen LogP contribution in [-0.2, 0) is 4.79 Å². The zero-order chi connectivity index (χ0) is 24.3. The molecule has 1 aliphatic rings. The number of anilines is 1. The first-order valence-electron chi connectivity index (χ1n) is 12.1. The monoisotopic (exact) mass is 482 g/mol. The molecule has 182 valence electrons. The lowest BCUT2D eigenvalue weighted by molar-refractivity contribution is -0.128. The Hall–Kier alpha value is -2.64. The Balaban J connectivity index is 1.45. The standard InChI is InChI=1S/C26H35ClN6O/c1-4-25(2,3)11-9-21(18-5-7-19(27)8-6-18)32-24(34)26(28)12-15-33(16-13-26)23-20-10-14-29-22(20)30-17-31-23/h5-8,10,14,17,21H,4,9,11-13,15-16,28H2,1-3H3,(H,32,34)(H,29,30,31)/t21-/m0/s1. The van der Waals surface area contributed by atoms with Gasteiger partial charge in [0, 0.05) is 24.3 Å². The number of fused-ring (bicyclic) bond motifs is 1. The topological polar surface area (TPSA) is 99.9 Å². The molecule has 0 aliphatic carbocycles. The third-order valence-electron chi connectivity index (χ3n) is 7.38. The molecule has 34 heavy (non-hydrogen) atoms. The van der Waals surface area contributed by atoms with Gasteiger partial charge < -0.3 is 20.9 Å². The number of halogens is 1. The van der Waals surface area contributed by atoms with Gasteiger partial charge in [-0.1, -0.05) is 50.9 Å². The predicted molar refractivity (Wildman–Crippen MR) is 138 cm³/mol. The third kappa shape index (κ3) is 5.36. The van der Waals surface area contributed by atoms with Crippen LogP contribution >= 0.6 is 11.6 Å². The summed E-state index contributed by atoms with van der Waals surface area (Å²) >= 11 is 6.11. The number of hydrogen-bond donors (Lipinski definition) is 3. The highest BCUT2D eigenvalue weighted by Crippen LogP contribution is 2.33. The highest BCUT2D eigenvalue weighted by atomic mass is 35.5. The van der Waals surface area contributed by atoms with Gasteiger partial charge in [-0.25, -0.2) is 9.97 Å². The molecule has 0 saturated carbocycles. The van der Waals surface area contributed by atoms with Crippen molar-refractivity contribution in [3.8, 4) is 0 Å². The summed E-state index contributed by atoms with van der Waals surface area (Å²) in [5, 5.41) is 4.95. The lowest BCUT2D eigenvalue weighted by Gasteiger charge is -2.39.